The van der Waals surface area contributed by atoms with E-state index in [1.165, 1.54) is 13.4 Å². The molecule has 0 aromatic heterocycles. The Bertz CT molecular complexity index is 453. The minimum absolute atomic E-state index is 1.12. The molecule has 0 aliphatic heterocycles. The van der Waals surface area contributed by atoms with Crippen LogP contribution in [0.5, 0.6) is 0 Å². The van der Waals surface area contributed by atoms with Crippen LogP contribution < -0.4 is 0 Å². The van der Waals surface area contributed by atoms with Gasteiger partial charge in [0.15, 0.2) is 0 Å². The van der Waals surface area contributed by atoms with Crippen molar-refractivity contribution >= 4 is 50.3 Å². The van der Waals surface area contributed by atoms with E-state index in [4.69, 9.17) is 0 Å². The SMILES string of the molecule is Brc1ccc(Sc2ccccc2I)cc1. The maximum Gasteiger partial charge on any atom is 0.0269 e. The monoisotopic (exact) mass is 390 g/mol. The number of benzene rings is 2. The van der Waals surface area contributed by atoms with E-state index in [1.807, 2.05) is 0 Å². The first-order chi connectivity index (χ1) is 7.25. The zero-order chi connectivity index (χ0) is 10.7. The molecule has 0 aliphatic carbocycles. The van der Waals surface area contributed by atoms with Gasteiger partial charge < -0.3 is 0 Å². The topological polar surface area (TPSA) is 0 Å². The lowest BCUT2D eigenvalue weighted by molar-refractivity contribution is 1.37. The fourth-order valence-corrected chi connectivity index (χ4v) is 2.98. The summed E-state index contributed by atoms with van der Waals surface area (Å²) in [5.41, 5.74) is 0. The van der Waals surface area contributed by atoms with E-state index in [2.05, 4.69) is 87.1 Å². The van der Waals surface area contributed by atoms with Crippen molar-refractivity contribution in [2.75, 3.05) is 0 Å². The molecule has 0 unspecified atom stereocenters. The van der Waals surface area contributed by atoms with E-state index < -0.39 is 0 Å². The molecule has 0 spiro atoms. The third-order valence-corrected chi connectivity index (χ3v) is 4.80. The number of hydrogen-bond donors (Lipinski definition) is 0. The first-order valence-electron chi connectivity index (χ1n) is 4.43. The molecule has 2 aromatic carbocycles. The van der Waals surface area contributed by atoms with Gasteiger partial charge in [-0.15, -0.1) is 0 Å². The molecule has 0 fully saturated rings. The predicted octanol–water partition coefficient (Wildman–Crippen LogP) is 5.20. The molecule has 0 heterocycles. The van der Waals surface area contributed by atoms with Gasteiger partial charge in [0.05, 0.1) is 0 Å². The molecule has 0 radical (unpaired) electrons. The molecule has 0 bridgehead atoms. The van der Waals surface area contributed by atoms with Crippen LogP contribution in [0.2, 0.25) is 0 Å². The Morgan fingerprint density at radius 1 is 0.933 bits per heavy atom. The summed E-state index contributed by atoms with van der Waals surface area (Å²) in [7, 11) is 0. The predicted molar refractivity (Wildman–Crippen MR) is 77.4 cm³/mol. The Hall–Kier alpha value is -0.000000000000000111. The van der Waals surface area contributed by atoms with Gasteiger partial charge in [-0.05, 0) is 59.0 Å². The van der Waals surface area contributed by atoms with Gasteiger partial charge in [-0.3, -0.25) is 0 Å². The van der Waals surface area contributed by atoms with Crippen LogP contribution >= 0.6 is 50.3 Å². The molecule has 0 amide bonds. The van der Waals surface area contributed by atoms with E-state index in [-0.39, 0.29) is 0 Å². The van der Waals surface area contributed by atoms with Crippen LogP contribution in [0.25, 0.3) is 0 Å². The fraction of sp³-hybridized carbons (Fsp3) is 0. The van der Waals surface area contributed by atoms with Crippen LogP contribution in [-0.2, 0) is 0 Å². The maximum absolute atomic E-state index is 3.43. The minimum atomic E-state index is 1.12. The minimum Gasteiger partial charge on any atom is -0.0890 e. The molecule has 0 N–H and O–H groups in total. The van der Waals surface area contributed by atoms with Gasteiger partial charge in [0, 0.05) is 17.8 Å². The molecule has 0 nitrogen and oxygen atoms in total. The molecule has 2 aromatic rings. The fourth-order valence-electron chi connectivity index (χ4n) is 1.16. The van der Waals surface area contributed by atoms with Gasteiger partial charge in [0.1, 0.15) is 0 Å². The van der Waals surface area contributed by atoms with E-state index in [9.17, 15) is 0 Å². The second-order valence-corrected chi connectivity index (χ2v) is 6.18. The summed E-state index contributed by atoms with van der Waals surface area (Å²) in [6, 6.07) is 16.8. The highest BCUT2D eigenvalue weighted by Crippen LogP contribution is 2.31. The Morgan fingerprint density at radius 3 is 2.27 bits per heavy atom. The average molecular weight is 391 g/mol. The van der Waals surface area contributed by atoms with Crippen LogP contribution in [0, 0.1) is 3.57 Å². The van der Waals surface area contributed by atoms with Gasteiger partial charge in [0.2, 0.25) is 0 Å². The highest BCUT2D eigenvalue weighted by molar-refractivity contribution is 14.1. The van der Waals surface area contributed by atoms with E-state index in [1.54, 1.807) is 11.8 Å². The first kappa shape index (κ1) is 11.5. The lowest BCUT2D eigenvalue weighted by Gasteiger charge is -2.03. The van der Waals surface area contributed by atoms with Crippen LogP contribution in [0.4, 0.5) is 0 Å². The Labute approximate surface area is 116 Å². The summed E-state index contributed by atoms with van der Waals surface area (Å²) in [6.07, 6.45) is 0. The van der Waals surface area contributed by atoms with Crippen LogP contribution in [0.15, 0.2) is 62.8 Å². The zero-order valence-electron chi connectivity index (χ0n) is 7.78. The smallest absolute Gasteiger partial charge is 0.0269 e. The molecule has 2 rings (SSSR count). The van der Waals surface area contributed by atoms with E-state index >= 15 is 0 Å². The van der Waals surface area contributed by atoms with Crippen molar-refractivity contribution in [3.63, 3.8) is 0 Å². The molecule has 3 heteroatoms. The molecule has 15 heavy (non-hydrogen) atoms. The molecule has 0 saturated carbocycles. The van der Waals surface area contributed by atoms with Crippen LogP contribution in [0.1, 0.15) is 0 Å². The lowest BCUT2D eigenvalue weighted by atomic mass is 10.4. The summed E-state index contributed by atoms with van der Waals surface area (Å²) in [5, 5.41) is 0. The summed E-state index contributed by atoms with van der Waals surface area (Å²) >= 11 is 7.59. The second-order valence-electron chi connectivity index (χ2n) is 2.99. The highest BCUT2D eigenvalue weighted by atomic mass is 127. The van der Waals surface area contributed by atoms with Crippen molar-refractivity contribution < 1.29 is 0 Å². The van der Waals surface area contributed by atoms with Crippen molar-refractivity contribution in [3.8, 4) is 0 Å². The second kappa shape index (κ2) is 5.37. The highest BCUT2D eigenvalue weighted by Gasteiger charge is 2.00. The quantitative estimate of drug-likeness (QED) is 0.634. The van der Waals surface area contributed by atoms with Crippen LogP contribution in [0.3, 0.4) is 0 Å². The van der Waals surface area contributed by atoms with Crippen LogP contribution in [-0.4, -0.2) is 0 Å². The number of halogens is 2. The van der Waals surface area contributed by atoms with E-state index in [0.29, 0.717) is 0 Å². The van der Waals surface area contributed by atoms with E-state index in [0.717, 1.165) is 4.47 Å². The summed E-state index contributed by atoms with van der Waals surface area (Å²) in [6.45, 7) is 0. The van der Waals surface area contributed by atoms with Crippen molar-refractivity contribution in [1.29, 1.82) is 0 Å². The van der Waals surface area contributed by atoms with Crippen molar-refractivity contribution in [1.82, 2.24) is 0 Å². The average Bonchev–Trinajstić information content (AvgIpc) is 2.25. The molecule has 0 atom stereocenters. The maximum atomic E-state index is 3.43. The number of hydrogen-bond acceptors (Lipinski definition) is 1. The molecule has 0 aliphatic rings. The summed E-state index contributed by atoms with van der Waals surface area (Å²) in [4.78, 5) is 2.57. The van der Waals surface area contributed by atoms with Crippen molar-refractivity contribution in [3.05, 3.63) is 56.6 Å². The molecular formula is C12H8BrIS. The Balaban J connectivity index is 2.22. The Morgan fingerprint density at radius 2 is 1.60 bits per heavy atom. The largest absolute Gasteiger partial charge is 0.0890 e. The van der Waals surface area contributed by atoms with Gasteiger partial charge in [-0.1, -0.05) is 39.8 Å². The number of rotatable bonds is 2. The van der Waals surface area contributed by atoms with Gasteiger partial charge in [-0.25, -0.2) is 0 Å². The van der Waals surface area contributed by atoms with Gasteiger partial charge in [0.25, 0.3) is 0 Å². The molecule has 76 valence electrons. The molecular weight excluding hydrogens is 383 g/mol. The third kappa shape index (κ3) is 3.23. The van der Waals surface area contributed by atoms with Gasteiger partial charge in [-0.2, -0.15) is 0 Å². The molecule has 0 saturated heterocycles. The third-order valence-electron chi connectivity index (χ3n) is 1.88. The summed E-state index contributed by atoms with van der Waals surface area (Å²) < 4.78 is 2.41. The first-order valence-corrected chi connectivity index (χ1v) is 7.12. The van der Waals surface area contributed by atoms with Crippen molar-refractivity contribution in [2.45, 2.75) is 9.79 Å². The normalized spacial score (nSPS) is 10.3. The summed E-state index contributed by atoms with van der Waals surface area (Å²) in [5.74, 6) is 0. The van der Waals surface area contributed by atoms with Gasteiger partial charge >= 0.3 is 0 Å². The lowest BCUT2D eigenvalue weighted by Crippen LogP contribution is -1.77. The Kier molecular flexibility index (Phi) is 4.11. The standard InChI is InChI=1S/C12H8BrIS/c13-9-5-7-10(8-6-9)15-12-4-2-1-3-11(12)14/h1-8H. The van der Waals surface area contributed by atoms with Crippen molar-refractivity contribution in [2.24, 2.45) is 0 Å². The zero-order valence-corrected chi connectivity index (χ0v) is 12.3.